The van der Waals surface area contributed by atoms with Gasteiger partial charge in [0.25, 0.3) is 11.5 Å². The highest BCUT2D eigenvalue weighted by molar-refractivity contribution is 5.93. The van der Waals surface area contributed by atoms with Crippen LogP contribution in [0.3, 0.4) is 0 Å². The molecule has 3 N–H and O–H groups in total. The summed E-state index contributed by atoms with van der Waals surface area (Å²) < 4.78 is 5.19. The number of halogens is 1. The van der Waals surface area contributed by atoms with Crippen molar-refractivity contribution in [2.24, 2.45) is 0 Å². The van der Waals surface area contributed by atoms with Crippen molar-refractivity contribution >= 4 is 18.3 Å². The number of furan rings is 1. The van der Waals surface area contributed by atoms with Crippen molar-refractivity contribution in [1.82, 2.24) is 15.6 Å². The van der Waals surface area contributed by atoms with E-state index in [1.165, 1.54) is 12.3 Å². The van der Waals surface area contributed by atoms with Gasteiger partial charge in [0.1, 0.15) is 11.3 Å². The molecule has 2 heterocycles. The smallest absolute Gasteiger partial charge is 0.261 e. The second-order valence-electron chi connectivity index (χ2n) is 4.31. The van der Waals surface area contributed by atoms with E-state index < -0.39 is 5.56 Å². The third-order valence-electron chi connectivity index (χ3n) is 2.83. The molecule has 0 radical (unpaired) electrons. The van der Waals surface area contributed by atoms with Crippen LogP contribution in [0, 0.1) is 0 Å². The molecule has 2 rings (SSSR count). The molecule has 0 spiro atoms. The van der Waals surface area contributed by atoms with Crippen molar-refractivity contribution in [3.63, 3.8) is 0 Å². The Bertz CT molecular complexity index is 623. The minimum absolute atomic E-state index is 0. The molecule has 0 aliphatic carbocycles. The first kappa shape index (κ1) is 17.0. The van der Waals surface area contributed by atoms with Crippen molar-refractivity contribution in [3.8, 4) is 11.5 Å². The molecule has 0 bridgehead atoms. The van der Waals surface area contributed by atoms with Crippen molar-refractivity contribution in [2.75, 3.05) is 20.1 Å². The fraction of sp³-hybridized carbons (Fsp3) is 0.286. The minimum atomic E-state index is -0.426. The molecule has 2 aromatic rings. The quantitative estimate of drug-likeness (QED) is 0.704. The van der Waals surface area contributed by atoms with Crippen LogP contribution in [0.25, 0.3) is 11.5 Å². The number of carbonyl (C=O) groups excluding carboxylic acids is 1. The van der Waals surface area contributed by atoms with E-state index in [0.717, 1.165) is 13.0 Å². The van der Waals surface area contributed by atoms with Gasteiger partial charge in [-0.25, -0.2) is 0 Å². The zero-order valence-electron chi connectivity index (χ0n) is 11.6. The van der Waals surface area contributed by atoms with Crippen LogP contribution >= 0.6 is 12.4 Å². The van der Waals surface area contributed by atoms with Gasteiger partial charge >= 0.3 is 0 Å². The van der Waals surface area contributed by atoms with Gasteiger partial charge in [-0.3, -0.25) is 9.59 Å². The number of carbonyl (C=O) groups is 1. The lowest BCUT2D eigenvalue weighted by Crippen LogP contribution is -2.31. The number of nitrogens with one attached hydrogen (secondary N) is 3. The lowest BCUT2D eigenvalue weighted by Gasteiger charge is -2.05. The van der Waals surface area contributed by atoms with Crippen molar-refractivity contribution in [2.45, 2.75) is 6.42 Å². The van der Waals surface area contributed by atoms with Crippen LogP contribution in [-0.4, -0.2) is 31.0 Å². The zero-order chi connectivity index (χ0) is 14.4. The van der Waals surface area contributed by atoms with Crippen LogP contribution in [0.4, 0.5) is 0 Å². The standard InChI is InChI=1S/C14H17N3O3.ClH/c1-15-7-3-8-16-13(18)10-5-6-11(17-14(10)19)12-4-2-9-20-12;/h2,4-6,9,15H,3,7-8H2,1H3,(H,16,18)(H,17,19);1H. The number of H-pyrrole nitrogens is 1. The van der Waals surface area contributed by atoms with E-state index in [1.54, 1.807) is 18.2 Å². The summed E-state index contributed by atoms with van der Waals surface area (Å²) in [4.78, 5) is 26.4. The first-order valence-corrected chi connectivity index (χ1v) is 6.42. The average Bonchev–Trinajstić information content (AvgIpc) is 2.97. The van der Waals surface area contributed by atoms with Gasteiger partial charge < -0.3 is 20.0 Å². The van der Waals surface area contributed by atoms with Crippen LogP contribution in [0.5, 0.6) is 0 Å². The number of pyridine rings is 1. The summed E-state index contributed by atoms with van der Waals surface area (Å²) in [6.45, 7) is 1.34. The SMILES string of the molecule is CNCCCNC(=O)c1ccc(-c2ccco2)[nH]c1=O.Cl. The van der Waals surface area contributed by atoms with E-state index in [1.807, 2.05) is 7.05 Å². The van der Waals surface area contributed by atoms with E-state index in [2.05, 4.69) is 15.6 Å². The molecule has 1 amide bonds. The van der Waals surface area contributed by atoms with Crippen molar-refractivity contribution in [1.29, 1.82) is 0 Å². The number of rotatable bonds is 6. The Morgan fingerprint density at radius 3 is 2.71 bits per heavy atom. The van der Waals surface area contributed by atoms with Gasteiger partial charge in [-0.05, 0) is 44.3 Å². The van der Waals surface area contributed by atoms with E-state index >= 15 is 0 Å². The first-order chi connectivity index (χ1) is 9.72. The van der Waals surface area contributed by atoms with Gasteiger partial charge in [0, 0.05) is 6.54 Å². The number of hydrogen-bond acceptors (Lipinski definition) is 4. The van der Waals surface area contributed by atoms with Crippen LogP contribution in [0.2, 0.25) is 0 Å². The number of hydrogen-bond donors (Lipinski definition) is 3. The first-order valence-electron chi connectivity index (χ1n) is 6.42. The monoisotopic (exact) mass is 311 g/mol. The molecule has 0 unspecified atom stereocenters. The Kier molecular flexibility index (Phi) is 6.71. The maximum absolute atomic E-state index is 11.9. The maximum atomic E-state index is 11.9. The number of amides is 1. The highest BCUT2D eigenvalue weighted by Crippen LogP contribution is 2.15. The van der Waals surface area contributed by atoms with Gasteiger partial charge in [-0.2, -0.15) is 0 Å². The second kappa shape index (κ2) is 8.28. The largest absolute Gasteiger partial charge is 0.463 e. The minimum Gasteiger partial charge on any atom is -0.463 e. The molecule has 114 valence electrons. The topological polar surface area (TPSA) is 87.1 Å². The summed E-state index contributed by atoms with van der Waals surface area (Å²) in [7, 11) is 1.85. The van der Waals surface area contributed by atoms with Gasteiger partial charge in [0.05, 0.1) is 12.0 Å². The maximum Gasteiger partial charge on any atom is 0.261 e. The molecule has 6 nitrogen and oxygen atoms in total. The zero-order valence-corrected chi connectivity index (χ0v) is 12.5. The highest BCUT2D eigenvalue weighted by Gasteiger charge is 2.11. The van der Waals surface area contributed by atoms with Crippen LogP contribution in [-0.2, 0) is 0 Å². The summed E-state index contributed by atoms with van der Waals surface area (Å²) in [5.74, 6) is 0.191. The van der Waals surface area contributed by atoms with E-state index in [0.29, 0.717) is 18.0 Å². The Morgan fingerprint density at radius 2 is 2.10 bits per heavy atom. The van der Waals surface area contributed by atoms with Crippen molar-refractivity contribution < 1.29 is 9.21 Å². The van der Waals surface area contributed by atoms with Gasteiger partial charge in [0.2, 0.25) is 0 Å². The van der Waals surface area contributed by atoms with Crippen LogP contribution in [0.15, 0.2) is 39.7 Å². The van der Waals surface area contributed by atoms with Crippen molar-refractivity contribution in [3.05, 3.63) is 46.4 Å². The summed E-state index contributed by atoms with van der Waals surface area (Å²) >= 11 is 0. The summed E-state index contributed by atoms with van der Waals surface area (Å²) in [5, 5.41) is 5.69. The molecule has 0 aromatic carbocycles. The van der Waals surface area contributed by atoms with E-state index in [9.17, 15) is 9.59 Å². The fourth-order valence-corrected chi connectivity index (χ4v) is 1.79. The molecule has 0 saturated carbocycles. The third-order valence-corrected chi connectivity index (χ3v) is 2.83. The second-order valence-corrected chi connectivity index (χ2v) is 4.31. The fourth-order valence-electron chi connectivity index (χ4n) is 1.79. The predicted molar refractivity (Wildman–Crippen MR) is 82.9 cm³/mol. The Hall–Kier alpha value is -2.05. The Balaban J connectivity index is 0.00000220. The summed E-state index contributed by atoms with van der Waals surface area (Å²) in [6.07, 6.45) is 2.33. The molecule has 0 atom stereocenters. The average molecular weight is 312 g/mol. The number of aromatic nitrogens is 1. The number of aromatic amines is 1. The molecule has 0 aliphatic rings. The molecular formula is C14H18ClN3O3. The molecule has 7 heteroatoms. The summed E-state index contributed by atoms with van der Waals surface area (Å²) in [5.41, 5.74) is 0.224. The summed E-state index contributed by atoms with van der Waals surface area (Å²) in [6, 6.07) is 6.63. The molecule has 0 fully saturated rings. The molecule has 21 heavy (non-hydrogen) atoms. The lowest BCUT2D eigenvalue weighted by molar-refractivity contribution is 0.0952. The Labute approximate surface area is 128 Å². The van der Waals surface area contributed by atoms with Gasteiger partial charge in [-0.15, -0.1) is 12.4 Å². The van der Waals surface area contributed by atoms with E-state index in [-0.39, 0.29) is 23.9 Å². The highest BCUT2D eigenvalue weighted by atomic mass is 35.5. The lowest BCUT2D eigenvalue weighted by atomic mass is 10.2. The van der Waals surface area contributed by atoms with Crippen LogP contribution < -0.4 is 16.2 Å². The van der Waals surface area contributed by atoms with Crippen LogP contribution in [0.1, 0.15) is 16.8 Å². The third kappa shape index (κ3) is 4.47. The Morgan fingerprint density at radius 1 is 1.29 bits per heavy atom. The molecule has 2 aromatic heterocycles. The molecule has 0 aliphatic heterocycles. The van der Waals surface area contributed by atoms with Gasteiger partial charge in [0.15, 0.2) is 0 Å². The molecule has 0 saturated heterocycles. The van der Waals surface area contributed by atoms with E-state index in [4.69, 9.17) is 4.42 Å². The normalized spacial score (nSPS) is 9.95. The predicted octanol–water partition coefficient (Wildman–Crippen LogP) is 1.40. The van der Waals surface area contributed by atoms with Gasteiger partial charge in [-0.1, -0.05) is 0 Å². The molecular weight excluding hydrogens is 294 g/mol.